The summed E-state index contributed by atoms with van der Waals surface area (Å²) in [7, 11) is 1.88. The molecule has 3 N–H and O–H groups in total. The summed E-state index contributed by atoms with van der Waals surface area (Å²) in [4.78, 5) is 65.8. The lowest BCUT2D eigenvalue weighted by Crippen LogP contribution is -2.64. The first kappa shape index (κ1) is 44.2. The SMILES string of the molecule is C#Cc1c(F)ccc2cc(O)cc(-c3ncc4c(N5CC6CCC(C5)N6)nc(N5CC(N6CCN(C(=O)CN7CCN(c8ccc9c(C%10CCC(=O)NC%10=O)nn(C)c9c8)CC7)CC6)C5)nc4c3F)c12. The number of aryl methyl sites for hydroxylation is 1. The molecule has 3 aromatic heterocycles. The van der Waals surface area contributed by atoms with Crippen molar-refractivity contribution >= 4 is 67.8 Å². The third-order valence-corrected chi connectivity index (χ3v) is 15.5. The quantitative estimate of drug-likeness (QED) is 0.150. The van der Waals surface area contributed by atoms with Crippen molar-refractivity contribution in [3.63, 3.8) is 0 Å². The summed E-state index contributed by atoms with van der Waals surface area (Å²) in [6.45, 7) is 8.92. The van der Waals surface area contributed by atoms with Gasteiger partial charge in [0, 0.05) is 138 Å². The number of halogens is 2. The van der Waals surface area contributed by atoms with Gasteiger partial charge in [0.2, 0.25) is 23.7 Å². The van der Waals surface area contributed by atoms with Crippen LogP contribution in [0.15, 0.2) is 48.7 Å². The van der Waals surface area contributed by atoms with Crippen LogP contribution in [-0.4, -0.2) is 165 Å². The van der Waals surface area contributed by atoms with E-state index in [1.54, 1.807) is 10.9 Å². The van der Waals surface area contributed by atoms with E-state index in [0.29, 0.717) is 85.9 Å². The van der Waals surface area contributed by atoms with Gasteiger partial charge in [-0.3, -0.25) is 39.2 Å². The van der Waals surface area contributed by atoms with Crippen LogP contribution >= 0.6 is 0 Å². The molecule has 19 heteroatoms. The first-order chi connectivity index (χ1) is 34.0. The average Bonchev–Trinajstić information content (AvgIpc) is 3.86. The number of piperidine rings is 1. The van der Waals surface area contributed by atoms with Crippen molar-refractivity contribution in [1.29, 1.82) is 0 Å². The molecule has 0 aliphatic carbocycles. The van der Waals surface area contributed by atoms with Crippen LogP contribution in [-0.2, 0) is 21.4 Å². The van der Waals surface area contributed by atoms with Crippen LogP contribution in [0.4, 0.5) is 26.2 Å². The highest BCUT2D eigenvalue weighted by molar-refractivity contribution is 6.04. The number of pyridine rings is 1. The van der Waals surface area contributed by atoms with E-state index < -0.39 is 17.6 Å². The zero-order valence-corrected chi connectivity index (χ0v) is 38.9. The molecule has 6 aliphatic heterocycles. The molecular weight excluding hydrogens is 897 g/mol. The molecule has 3 amide bonds. The summed E-state index contributed by atoms with van der Waals surface area (Å²) in [5, 5.41) is 23.6. The lowest BCUT2D eigenvalue weighted by Gasteiger charge is -2.48. The first-order valence-corrected chi connectivity index (χ1v) is 24.3. The molecule has 3 aromatic carbocycles. The number of benzene rings is 3. The molecule has 3 unspecified atom stereocenters. The Hall–Kier alpha value is -7.01. The minimum absolute atomic E-state index is 0.0384. The minimum Gasteiger partial charge on any atom is -0.508 e. The summed E-state index contributed by atoms with van der Waals surface area (Å²) in [6.07, 6.45) is 10.2. The van der Waals surface area contributed by atoms with Crippen molar-refractivity contribution in [1.82, 2.24) is 50.1 Å². The third kappa shape index (κ3) is 7.78. The number of anilines is 3. The number of phenolic OH excluding ortho intramolecular Hbond substituents is 1. The Morgan fingerprint density at radius 1 is 0.871 bits per heavy atom. The molecule has 3 atom stereocenters. The molecule has 0 radical (unpaired) electrons. The van der Waals surface area contributed by atoms with Crippen LogP contribution in [0, 0.1) is 24.0 Å². The number of rotatable bonds is 8. The number of hydrogen-bond acceptors (Lipinski definition) is 14. The van der Waals surface area contributed by atoms with E-state index in [1.807, 2.05) is 18.0 Å². The molecule has 360 valence electrons. The summed E-state index contributed by atoms with van der Waals surface area (Å²) < 4.78 is 34.0. The molecule has 9 heterocycles. The Bertz CT molecular complexity index is 3160. The zero-order valence-electron chi connectivity index (χ0n) is 38.9. The maximum atomic E-state index is 17.2. The molecule has 17 nitrogen and oxygen atoms in total. The van der Waals surface area contributed by atoms with Crippen molar-refractivity contribution in [2.45, 2.75) is 49.7 Å². The maximum Gasteiger partial charge on any atom is 0.236 e. The highest BCUT2D eigenvalue weighted by Crippen LogP contribution is 2.40. The number of hydrogen-bond donors (Lipinski definition) is 3. The van der Waals surface area contributed by atoms with Gasteiger partial charge < -0.3 is 30.0 Å². The number of aromatic nitrogens is 5. The van der Waals surface area contributed by atoms with Gasteiger partial charge in [0.15, 0.2) is 5.82 Å². The molecule has 6 aromatic rings. The van der Waals surface area contributed by atoms with Gasteiger partial charge in [-0.25, -0.2) is 13.8 Å². The van der Waals surface area contributed by atoms with Gasteiger partial charge >= 0.3 is 0 Å². The van der Waals surface area contributed by atoms with Gasteiger partial charge in [-0.15, -0.1) is 6.42 Å². The molecule has 2 bridgehead atoms. The number of aromatic hydroxyl groups is 1. The second-order valence-corrected chi connectivity index (χ2v) is 19.7. The predicted molar refractivity (Wildman–Crippen MR) is 261 cm³/mol. The van der Waals surface area contributed by atoms with Crippen LogP contribution in [0.1, 0.15) is 42.9 Å². The highest BCUT2D eigenvalue weighted by atomic mass is 19.1. The number of fused-ring (bicyclic) bond motifs is 5. The second kappa shape index (κ2) is 17.4. The van der Waals surface area contributed by atoms with Crippen LogP contribution in [0.3, 0.4) is 0 Å². The third-order valence-electron chi connectivity index (χ3n) is 15.5. The van der Waals surface area contributed by atoms with Gasteiger partial charge in [-0.05, 0) is 61.0 Å². The number of amides is 3. The maximum absolute atomic E-state index is 17.2. The van der Waals surface area contributed by atoms with Crippen LogP contribution in [0.2, 0.25) is 0 Å². The van der Waals surface area contributed by atoms with Crippen molar-refractivity contribution in [3.05, 3.63) is 71.6 Å². The molecule has 6 aliphatic rings. The van der Waals surface area contributed by atoms with Crippen LogP contribution in [0.25, 0.3) is 43.8 Å². The summed E-state index contributed by atoms with van der Waals surface area (Å²) in [6, 6.07) is 12.6. The van der Waals surface area contributed by atoms with Crippen molar-refractivity contribution in [2.75, 3.05) is 99.8 Å². The molecule has 70 heavy (non-hydrogen) atoms. The van der Waals surface area contributed by atoms with E-state index >= 15 is 8.78 Å². The van der Waals surface area contributed by atoms with E-state index in [-0.39, 0.29) is 57.2 Å². The van der Waals surface area contributed by atoms with Crippen LogP contribution < -0.4 is 25.3 Å². The molecule has 0 saturated carbocycles. The van der Waals surface area contributed by atoms with E-state index in [2.05, 4.69) is 58.2 Å². The largest absolute Gasteiger partial charge is 0.508 e. The van der Waals surface area contributed by atoms with Gasteiger partial charge in [0.25, 0.3) is 0 Å². The average molecular weight is 950 g/mol. The number of terminal acetylenes is 1. The van der Waals surface area contributed by atoms with E-state index in [4.69, 9.17) is 21.5 Å². The van der Waals surface area contributed by atoms with E-state index in [0.717, 1.165) is 81.8 Å². The highest BCUT2D eigenvalue weighted by Gasteiger charge is 2.39. The Labute approximate surface area is 402 Å². The normalized spacial score (nSPS) is 22.6. The number of carbonyl (C=O) groups excluding carboxylic acids is 3. The summed E-state index contributed by atoms with van der Waals surface area (Å²) in [5.74, 6) is 1.14. The monoisotopic (exact) mass is 949 g/mol. The lowest BCUT2D eigenvalue weighted by molar-refractivity contribution is -0.135. The number of phenols is 1. The Kier molecular flexibility index (Phi) is 11.0. The number of nitrogens with zero attached hydrogens (tertiary/aromatic N) is 11. The fourth-order valence-electron chi connectivity index (χ4n) is 11.6. The predicted octanol–water partition coefficient (Wildman–Crippen LogP) is 3.31. The zero-order chi connectivity index (χ0) is 47.9. The number of nitrogens with one attached hydrogen (secondary N) is 2. The number of imide groups is 1. The van der Waals surface area contributed by atoms with Crippen molar-refractivity contribution in [3.8, 4) is 29.4 Å². The minimum atomic E-state index is -0.703. The Balaban J connectivity index is 0.695. The van der Waals surface area contributed by atoms with Crippen LogP contribution in [0.5, 0.6) is 5.75 Å². The van der Waals surface area contributed by atoms with Gasteiger partial charge in [-0.2, -0.15) is 10.1 Å². The lowest BCUT2D eigenvalue weighted by atomic mass is 9.93. The fraction of sp³-hybridized carbons (Fsp3) is 0.431. The first-order valence-electron chi connectivity index (χ1n) is 24.3. The molecule has 0 spiro atoms. The molecule has 6 fully saturated rings. The molecule has 12 rings (SSSR count). The van der Waals surface area contributed by atoms with Gasteiger partial charge in [0.1, 0.15) is 28.6 Å². The topological polar surface area (TPSA) is 171 Å². The van der Waals surface area contributed by atoms with Gasteiger partial charge in [-0.1, -0.05) is 12.0 Å². The number of piperazine rings is 3. The second-order valence-electron chi connectivity index (χ2n) is 19.7. The molecule has 6 saturated heterocycles. The Morgan fingerprint density at radius 3 is 2.39 bits per heavy atom. The van der Waals surface area contributed by atoms with Crippen molar-refractivity contribution < 1.29 is 28.3 Å². The number of carbonyl (C=O) groups is 3. The Morgan fingerprint density at radius 2 is 1.64 bits per heavy atom. The standard InChI is InChI=1S/C51H53F2N13O4/c1-3-35-40(52)10-4-29-20-34(67)22-38(44(29)35)47-45(53)48-39(23-54-47)49(65-24-30-5-6-31(25-65)55-30)58-51(57-48)66-26-33(27-66)63-16-18-64(19-17-63)43(69)28-61-12-14-62(15-13-61)32-7-8-36-41(21-32)60(2)59-46(36)37-9-11-42(68)56-50(37)70/h1,4,7-8,10,20-23,30-31,33,37,55,67H,5-6,9,11-19,24-28H2,2H3,(H,56,68,70). The molecular formula is C51H53F2N13O4. The summed E-state index contributed by atoms with van der Waals surface area (Å²) >= 11 is 0. The van der Waals surface area contributed by atoms with Crippen molar-refractivity contribution in [2.24, 2.45) is 7.05 Å². The van der Waals surface area contributed by atoms with E-state index in [1.165, 1.54) is 24.3 Å². The fourth-order valence-corrected chi connectivity index (χ4v) is 11.6. The smallest absolute Gasteiger partial charge is 0.236 e. The van der Waals surface area contributed by atoms with Gasteiger partial charge in [0.05, 0.1) is 34.6 Å². The summed E-state index contributed by atoms with van der Waals surface area (Å²) in [5.41, 5.74) is 2.84. The van der Waals surface area contributed by atoms with E-state index in [9.17, 15) is 19.5 Å².